The van der Waals surface area contributed by atoms with Crippen LogP contribution in [0.2, 0.25) is 0 Å². The summed E-state index contributed by atoms with van der Waals surface area (Å²) in [5.74, 6) is -1.95. The summed E-state index contributed by atoms with van der Waals surface area (Å²) in [6.07, 6.45) is -0.709. The van der Waals surface area contributed by atoms with Crippen molar-refractivity contribution in [3.8, 4) is 11.1 Å². The molecule has 0 spiro atoms. The number of carboxylic acid groups (broad SMARTS) is 1. The third-order valence-electron chi connectivity index (χ3n) is 4.92. The largest absolute Gasteiger partial charge is 0.479 e. The molecule has 0 fully saturated rings. The number of hydroxylamine groups is 1. The number of amides is 2. The molecule has 3 N–H and O–H groups in total. The zero-order chi connectivity index (χ0) is 22.5. The highest BCUT2D eigenvalue weighted by atomic mass is 16.7. The van der Waals surface area contributed by atoms with E-state index >= 15 is 0 Å². The average Bonchev–Trinajstić information content (AvgIpc) is 3.11. The number of pyridine rings is 1. The Kier molecular flexibility index (Phi) is 6.09. The number of nitrogens with one attached hydrogen (secondary N) is 2. The summed E-state index contributed by atoms with van der Waals surface area (Å²) in [5.41, 5.74) is 6.35. The molecule has 2 aromatic carbocycles. The number of fused-ring (bicyclic) bond motifs is 3. The molecule has 9 nitrogen and oxygen atoms in total. The second-order valence-corrected chi connectivity index (χ2v) is 6.97. The Labute approximate surface area is 183 Å². The molecule has 1 aromatic heterocycles. The van der Waals surface area contributed by atoms with Gasteiger partial charge in [0.1, 0.15) is 18.1 Å². The lowest BCUT2D eigenvalue weighted by molar-refractivity contribution is -0.144. The number of carboxylic acids is 1. The van der Waals surface area contributed by atoms with Crippen molar-refractivity contribution in [3.63, 3.8) is 0 Å². The van der Waals surface area contributed by atoms with Crippen molar-refractivity contribution in [1.29, 1.82) is 0 Å². The summed E-state index contributed by atoms with van der Waals surface area (Å²) >= 11 is 0. The van der Waals surface area contributed by atoms with Crippen LogP contribution in [-0.4, -0.2) is 41.3 Å². The van der Waals surface area contributed by atoms with E-state index in [4.69, 9.17) is 9.84 Å². The standard InChI is InChI=1S/C23H19N3O6/c27-21(28)13-32-26-22(29)19-10-5-11-20(24-19)25-23(30)31-12-18-16-8-3-1-6-14(16)15-7-2-4-9-17(15)18/h1-11,18H,12-13H2,(H,26,29)(H,27,28)(H,24,25,30). The predicted molar refractivity (Wildman–Crippen MR) is 114 cm³/mol. The van der Waals surface area contributed by atoms with E-state index < -0.39 is 24.6 Å². The normalized spacial score (nSPS) is 11.9. The average molecular weight is 433 g/mol. The highest BCUT2D eigenvalue weighted by Crippen LogP contribution is 2.44. The van der Waals surface area contributed by atoms with E-state index in [0.717, 1.165) is 22.3 Å². The highest BCUT2D eigenvalue weighted by molar-refractivity contribution is 5.92. The molecule has 0 unspecified atom stereocenters. The highest BCUT2D eigenvalue weighted by Gasteiger charge is 2.29. The lowest BCUT2D eigenvalue weighted by Crippen LogP contribution is -2.27. The Hall–Kier alpha value is -4.24. The molecule has 0 bridgehead atoms. The second kappa shape index (κ2) is 9.27. The van der Waals surface area contributed by atoms with Crippen molar-refractivity contribution in [2.24, 2.45) is 0 Å². The molecule has 0 aliphatic heterocycles. The number of hydrogen-bond acceptors (Lipinski definition) is 6. The van der Waals surface area contributed by atoms with Gasteiger partial charge in [0.05, 0.1) is 0 Å². The lowest BCUT2D eigenvalue weighted by atomic mass is 9.98. The number of hydrogen-bond donors (Lipinski definition) is 3. The fourth-order valence-electron chi connectivity index (χ4n) is 3.59. The molecule has 1 aliphatic carbocycles. The Bertz CT molecular complexity index is 1130. The molecule has 1 aliphatic rings. The first-order chi connectivity index (χ1) is 15.5. The Morgan fingerprint density at radius 2 is 1.56 bits per heavy atom. The van der Waals surface area contributed by atoms with Crippen LogP contribution in [0.5, 0.6) is 0 Å². The summed E-state index contributed by atoms with van der Waals surface area (Å²) < 4.78 is 5.45. The van der Waals surface area contributed by atoms with E-state index in [-0.39, 0.29) is 24.0 Å². The van der Waals surface area contributed by atoms with Gasteiger partial charge in [0.15, 0.2) is 6.61 Å². The van der Waals surface area contributed by atoms with Gasteiger partial charge in [-0.3, -0.25) is 14.9 Å². The van der Waals surface area contributed by atoms with Crippen LogP contribution in [0.15, 0.2) is 66.7 Å². The van der Waals surface area contributed by atoms with E-state index in [9.17, 15) is 14.4 Å². The van der Waals surface area contributed by atoms with Gasteiger partial charge in [-0.25, -0.2) is 20.1 Å². The molecule has 32 heavy (non-hydrogen) atoms. The summed E-state index contributed by atoms with van der Waals surface area (Å²) in [6.45, 7) is -0.549. The van der Waals surface area contributed by atoms with E-state index in [1.807, 2.05) is 41.9 Å². The van der Waals surface area contributed by atoms with Crippen molar-refractivity contribution in [2.75, 3.05) is 18.5 Å². The van der Waals surface area contributed by atoms with Crippen LogP contribution in [-0.2, 0) is 14.4 Å². The van der Waals surface area contributed by atoms with E-state index in [2.05, 4.69) is 27.3 Å². The van der Waals surface area contributed by atoms with Gasteiger partial charge in [-0.15, -0.1) is 0 Å². The van der Waals surface area contributed by atoms with Gasteiger partial charge in [0.25, 0.3) is 5.91 Å². The summed E-state index contributed by atoms with van der Waals surface area (Å²) in [5, 5.41) is 11.0. The lowest BCUT2D eigenvalue weighted by Gasteiger charge is -2.14. The van der Waals surface area contributed by atoms with Crippen molar-refractivity contribution < 1.29 is 29.1 Å². The quantitative estimate of drug-likeness (QED) is 0.488. The maximum Gasteiger partial charge on any atom is 0.412 e. The second-order valence-electron chi connectivity index (χ2n) is 6.97. The van der Waals surface area contributed by atoms with Crippen LogP contribution < -0.4 is 10.8 Å². The fraction of sp³-hybridized carbons (Fsp3) is 0.130. The number of anilines is 1. The number of aromatic nitrogens is 1. The summed E-state index contributed by atoms with van der Waals surface area (Å²) in [7, 11) is 0. The molecular formula is C23H19N3O6. The zero-order valence-corrected chi connectivity index (χ0v) is 16.8. The van der Waals surface area contributed by atoms with Gasteiger partial charge in [-0.05, 0) is 34.4 Å². The topological polar surface area (TPSA) is 127 Å². The maximum absolute atomic E-state index is 12.4. The molecule has 0 saturated heterocycles. The van der Waals surface area contributed by atoms with Crippen molar-refractivity contribution >= 4 is 23.8 Å². The Morgan fingerprint density at radius 1 is 0.906 bits per heavy atom. The third kappa shape index (κ3) is 4.57. The van der Waals surface area contributed by atoms with Crippen LogP contribution in [0.1, 0.15) is 27.5 Å². The Morgan fingerprint density at radius 3 is 2.22 bits per heavy atom. The minimum Gasteiger partial charge on any atom is -0.479 e. The van der Waals surface area contributed by atoms with Gasteiger partial charge in [0.2, 0.25) is 0 Å². The first-order valence-electron chi connectivity index (χ1n) is 9.76. The van der Waals surface area contributed by atoms with Crippen LogP contribution >= 0.6 is 0 Å². The predicted octanol–water partition coefficient (Wildman–Crippen LogP) is 3.19. The minimum atomic E-state index is -1.23. The number of ether oxygens (including phenoxy) is 1. The van der Waals surface area contributed by atoms with E-state index in [0.29, 0.717) is 0 Å². The Balaban J connectivity index is 1.38. The van der Waals surface area contributed by atoms with Gasteiger partial charge in [-0.1, -0.05) is 54.6 Å². The first kappa shape index (κ1) is 21.0. The minimum absolute atomic E-state index is 0.0631. The fourth-order valence-corrected chi connectivity index (χ4v) is 3.59. The van der Waals surface area contributed by atoms with Crippen molar-refractivity contribution in [2.45, 2.75) is 5.92 Å². The summed E-state index contributed by atoms with van der Waals surface area (Å²) in [6, 6.07) is 20.4. The van der Waals surface area contributed by atoms with Crippen LogP contribution in [0, 0.1) is 0 Å². The number of carbonyl (C=O) groups is 3. The molecule has 9 heteroatoms. The molecule has 3 aromatic rings. The molecule has 4 rings (SSSR count). The first-order valence-corrected chi connectivity index (χ1v) is 9.76. The van der Waals surface area contributed by atoms with Crippen LogP contribution in [0.3, 0.4) is 0 Å². The molecule has 0 radical (unpaired) electrons. The van der Waals surface area contributed by atoms with Gasteiger partial charge < -0.3 is 9.84 Å². The molecule has 162 valence electrons. The van der Waals surface area contributed by atoms with Crippen LogP contribution in [0.4, 0.5) is 10.6 Å². The summed E-state index contributed by atoms with van der Waals surface area (Å²) in [4.78, 5) is 43.3. The number of aliphatic carboxylic acids is 1. The van der Waals surface area contributed by atoms with E-state index in [1.54, 1.807) is 0 Å². The van der Waals surface area contributed by atoms with Crippen molar-refractivity contribution in [3.05, 3.63) is 83.6 Å². The molecule has 0 atom stereocenters. The smallest absolute Gasteiger partial charge is 0.412 e. The third-order valence-corrected chi connectivity index (χ3v) is 4.92. The van der Waals surface area contributed by atoms with E-state index in [1.165, 1.54) is 18.2 Å². The number of nitrogens with zero attached hydrogens (tertiary/aromatic N) is 1. The molecular weight excluding hydrogens is 414 g/mol. The van der Waals surface area contributed by atoms with Gasteiger partial charge in [0, 0.05) is 5.92 Å². The number of rotatable bonds is 7. The molecule has 2 amide bonds. The number of carbonyl (C=O) groups excluding carboxylic acids is 2. The van der Waals surface area contributed by atoms with Gasteiger partial charge in [-0.2, -0.15) is 0 Å². The molecule has 0 saturated carbocycles. The van der Waals surface area contributed by atoms with Crippen LogP contribution in [0.25, 0.3) is 11.1 Å². The molecule has 1 heterocycles. The zero-order valence-electron chi connectivity index (χ0n) is 16.8. The van der Waals surface area contributed by atoms with Crippen molar-refractivity contribution in [1.82, 2.24) is 10.5 Å². The SMILES string of the molecule is O=C(O)CONC(=O)c1cccc(NC(=O)OCC2c3ccccc3-c3ccccc32)n1. The maximum atomic E-state index is 12.4. The monoisotopic (exact) mass is 433 g/mol. The van der Waals surface area contributed by atoms with Gasteiger partial charge >= 0.3 is 12.1 Å². The number of benzene rings is 2.